The minimum atomic E-state index is -0.988. The molecule has 3 aromatic rings. The van der Waals surface area contributed by atoms with Crippen LogP contribution in [0, 0.1) is 19.3 Å². The number of nitrogens with zero attached hydrogens (tertiary/aromatic N) is 4. The van der Waals surface area contributed by atoms with Crippen molar-refractivity contribution < 1.29 is 23.8 Å². The monoisotopic (exact) mass is 435 g/mol. The van der Waals surface area contributed by atoms with Crippen molar-refractivity contribution in [3.05, 3.63) is 42.5 Å². The zero-order chi connectivity index (χ0) is 22.8. The summed E-state index contributed by atoms with van der Waals surface area (Å²) in [5, 5.41) is 3.22. The molecule has 1 aliphatic rings. The van der Waals surface area contributed by atoms with Crippen LogP contribution in [-0.2, 0) is 23.8 Å². The van der Waals surface area contributed by atoms with E-state index in [4.69, 9.17) is 20.6 Å². The maximum absolute atomic E-state index is 11.8. The highest BCUT2D eigenvalue weighted by molar-refractivity contribution is 5.85. The maximum Gasteiger partial charge on any atom is 0.303 e. The Labute approximate surface area is 183 Å². The van der Waals surface area contributed by atoms with Gasteiger partial charge in [-0.05, 0) is 19.1 Å². The smallest absolute Gasteiger partial charge is 0.303 e. The minimum Gasteiger partial charge on any atom is -0.455 e. The molecule has 4 rings (SSSR count). The van der Waals surface area contributed by atoms with Gasteiger partial charge in [-0.15, -0.1) is 6.42 Å². The summed E-state index contributed by atoms with van der Waals surface area (Å²) in [6, 6.07) is 7.81. The summed E-state index contributed by atoms with van der Waals surface area (Å²) in [6.07, 6.45) is 4.66. The summed E-state index contributed by atoms with van der Waals surface area (Å²) < 4.78 is 18.2. The maximum atomic E-state index is 11.8. The van der Waals surface area contributed by atoms with Crippen molar-refractivity contribution in [2.45, 2.75) is 45.3 Å². The van der Waals surface area contributed by atoms with Gasteiger partial charge in [0.15, 0.2) is 41.5 Å². The van der Waals surface area contributed by atoms with Crippen LogP contribution in [0.5, 0.6) is 0 Å². The first-order chi connectivity index (χ1) is 15.4. The van der Waals surface area contributed by atoms with Crippen LogP contribution in [0.1, 0.15) is 25.6 Å². The predicted octanol–water partition coefficient (Wildman–Crippen LogP) is 2.27. The third kappa shape index (κ3) is 4.10. The van der Waals surface area contributed by atoms with Gasteiger partial charge in [-0.3, -0.25) is 14.2 Å². The van der Waals surface area contributed by atoms with E-state index in [0.29, 0.717) is 17.0 Å². The molecule has 32 heavy (non-hydrogen) atoms. The quantitative estimate of drug-likeness (QED) is 0.476. The number of carbonyl (C=O) groups is 2. The number of ether oxygens (including phenoxy) is 3. The highest BCUT2D eigenvalue weighted by atomic mass is 16.6. The first kappa shape index (κ1) is 21.3. The fourth-order valence-electron chi connectivity index (χ4n) is 3.54. The fraction of sp³-hybridized carbons (Fsp3) is 0.318. The first-order valence-electron chi connectivity index (χ1n) is 9.84. The Kier molecular flexibility index (Phi) is 5.75. The van der Waals surface area contributed by atoms with E-state index in [-0.39, 0.29) is 0 Å². The molecule has 4 atom stereocenters. The second-order valence-electron chi connectivity index (χ2n) is 7.30. The Morgan fingerprint density at radius 3 is 2.44 bits per heavy atom. The van der Waals surface area contributed by atoms with Crippen molar-refractivity contribution in [2.24, 2.45) is 0 Å². The number of aryl methyl sites for hydroxylation is 1. The molecule has 164 valence electrons. The number of aromatic nitrogens is 4. The second-order valence-corrected chi connectivity index (χ2v) is 7.30. The first-order valence-corrected chi connectivity index (χ1v) is 9.84. The van der Waals surface area contributed by atoms with Crippen molar-refractivity contribution in [2.75, 3.05) is 5.32 Å². The molecule has 1 aromatic carbocycles. The third-order valence-corrected chi connectivity index (χ3v) is 4.90. The lowest BCUT2D eigenvalue weighted by atomic mass is 10.1. The zero-order valence-corrected chi connectivity index (χ0v) is 17.7. The van der Waals surface area contributed by atoms with Gasteiger partial charge in [0.05, 0.1) is 6.33 Å². The highest BCUT2D eigenvalue weighted by Crippen LogP contribution is 2.36. The molecule has 0 bridgehead atoms. The average Bonchev–Trinajstić information content (AvgIpc) is 3.31. The lowest BCUT2D eigenvalue weighted by Gasteiger charge is -2.23. The lowest BCUT2D eigenvalue weighted by molar-refractivity contribution is -0.165. The van der Waals surface area contributed by atoms with Gasteiger partial charge in [0, 0.05) is 19.5 Å². The van der Waals surface area contributed by atoms with Gasteiger partial charge in [-0.25, -0.2) is 15.0 Å². The predicted molar refractivity (Wildman–Crippen MR) is 114 cm³/mol. The minimum absolute atomic E-state index is 0.427. The van der Waals surface area contributed by atoms with Crippen LogP contribution >= 0.6 is 0 Å². The van der Waals surface area contributed by atoms with Gasteiger partial charge >= 0.3 is 11.9 Å². The van der Waals surface area contributed by atoms with Crippen LogP contribution in [0.25, 0.3) is 11.2 Å². The molecule has 0 amide bonds. The summed E-state index contributed by atoms with van der Waals surface area (Å²) in [4.78, 5) is 36.4. The molecule has 2 aromatic heterocycles. The van der Waals surface area contributed by atoms with Crippen LogP contribution in [0.15, 0.2) is 36.9 Å². The Morgan fingerprint density at radius 1 is 1.09 bits per heavy atom. The van der Waals surface area contributed by atoms with Crippen LogP contribution in [0.4, 0.5) is 11.5 Å². The third-order valence-electron chi connectivity index (χ3n) is 4.90. The molecule has 0 unspecified atom stereocenters. The Balaban J connectivity index is 1.71. The molecule has 0 radical (unpaired) electrons. The summed E-state index contributed by atoms with van der Waals surface area (Å²) in [6.45, 7) is 4.50. The summed E-state index contributed by atoms with van der Waals surface area (Å²) in [5.41, 5.74) is 2.87. The lowest BCUT2D eigenvalue weighted by Crippen LogP contribution is -2.38. The summed E-state index contributed by atoms with van der Waals surface area (Å²) in [5.74, 6) is 1.79. The van der Waals surface area contributed by atoms with Crippen LogP contribution in [0.2, 0.25) is 0 Å². The van der Waals surface area contributed by atoms with E-state index in [1.807, 2.05) is 31.2 Å². The molecule has 0 aliphatic carbocycles. The molecule has 1 aliphatic heterocycles. The zero-order valence-electron chi connectivity index (χ0n) is 17.7. The normalized spacial score (nSPS) is 22.3. The number of hydrogen-bond acceptors (Lipinski definition) is 9. The number of imidazole rings is 1. The number of benzene rings is 1. The van der Waals surface area contributed by atoms with Gasteiger partial charge < -0.3 is 19.5 Å². The fourth-order valence-corrected chi connectivity index (χ4v) is 3.54. The van der Waals surface area contributed by atoms with E-state index in [9.17, 15) is 9.59 Å². The molecular weight excluding hydrogens is 414 g/mol. The molecule has 0 saturated carbocycles. The Hall–Kier alpha value is -3.97. The van der Waals surface area contributed by atoms with Gasteiger partial charge in [-0.1, -0.05) is 23.6 Å². The van der Waals surface area contributed by atoms with E-state index in [1.165, 1.54) is 26.5 Å². The van der Waals surface area contributed by atoms with E-state index in [2.05, 4.69) is 26.2 Å². The second kappa shape index (κ2) is 8.64. The molecule has 10 nitrogen and oxygen atoms in total. The number of hydrogen-bond donors (Lipinski definition) is 1. The van der Waals surface area contributed by atoms with E-state index in [0.717, 1.165) is 11.3 Å². The molecule has 10 heteroatoms. The Bertz CT molecular complexity index is 1200. The number of fused-ring (bicyclic) bond motifs is 1. The SMILES string of the molecule is C#C[C@H]1O[C@@H](n2cnc3c(Nc4ccc(C)cc4)ncnc32)[C@H](OC(C)=O)[C@@H]1OC(C)=O. The van der Waals surface area contributed by atoms with Crippen molar-refractivity contribution in [1.82, 2.24) is 19.5 Å². The number of carbonyl (C=O) groups excluding carboxylic acids is 2. The topological polar surface area (TPSA) is 117 Å². The largest absolute Gasteiger partial charge is 0.455 e. The van der Waals surface area contributed by atoms with Crippen LogP contribution in [0.3, 0.4) is 0 Å². The van der Waals surface area contributed by atoms with Gasteiger partial charge in [-0.2, -0.15) is 0 Å². The number of nitrogens with one attached hydrogen (secondary N) is 1. The van der Waals surface area contributed by atoms with E-state index in [1.54, 1.807) is 4.57 Å². The standard InChI is InChI=1S/C22H21N5O5/c1-5-16-18(30-13(3)28)19(31-14(4)29)22(32-16)27-11-25-17-20(23-10-24-21(17)27)26-15-8-6-12(2)7-9-15/h1,6-11,16,18-19,22H,2-4H3,(H,23,24,26)/t16-,18-,19-,22-/m1/s1. The molecule has 1 N–H and O–H groups in total. The number of terminal acetylenes is 1. The summed E-state index contributed by atoms with van der Waals surface area (Å²) >= 11 is 0. The number of anilines is 2. The van der Waals surface area contributed by atoms with Gasteiger partial charge in [0.2, 0.25) is 0 Å². The molecule has 3 heterocycles. The molecule has 1 fully saturated rings. The van der Waals surface area contributed by atoms with E-state index >= 15 is 0 Å². The average molecular weight is 435 g/mol. The van der Waals surface area contributed by atoms with Crippen molar-refractivity contribution in [1.29, 1.82) is 0 Å². The van der Waals surface area contributed by atoms with Crippen LogP contribution < -0.4 is 5.32 Å². The number of rotatable bonds is 5. The van der Waals surface area contributed by atoms with Gasteiger partial charge in [0.1, 0.15) is 6.33 Å². The number of esters is 2. The summed E-state index contributed by atoms with van der Waals surface area (Å²) in [7, 11) is 0. The van der Waals surface area contributed by atoms with Crippen LogP contribution in [-0.4, -0.2) is 49.8 Å². The van der Waals surface area contributed by atoms with Crippen molar-refractivity contribution in [3.8, 4) is 12.3 Å². The molecule has 1 saturated heterocycles. The highest BCUT2D eigenvalue weighted by Gasteiger charge is 2.50. The Morgan fingerprint density at radius 2 is 1.78 bits per heavy atom. The van der Waals surface area contributed by atoms with Gasteiger partial charge in [0.25, 0.3) is 0 Å². The van der Waals surface area contributed by atoms with E-state index < -0.39 is 36.5 Å². The molecule has 0 spiro atoms. The molecular formula is C22H21N5O5. The van der Waals surface area contributed by atoms with Crippen molar-refractivity contribution in [3.63, 3.8) is 0 Å². The van der Waals surface area contributed by atoms with Crippen molar-refractivity contribution >= 4 is 34.6 Å².